The van der Waals surface area contributed by atoms with Crippen LogP contribution in [-0.4, -0.2) is 29.2 Å². The highest BCUT2D eigenvalue weighted by atomic mass is 35.5. The maximum Gasteiger partial charge on any atom is 0.223 e. The van der Waals surface area contributed by atoms with Gasteiger partial charge in [-0.05, 0) is 37.1 Å². The number of hydrogen-bond donors (Lipinski definition) is 1. The molecule has 0 spiro atoms. The Labute approximate surface area is 133 Å². The molecule has 3 rings (SSSR count). The lowest BCUT2D eigenvalue weighted by atomic mass is 9.96. The van der Waals surface area contributed by atoms with Crippen molar-refractivity contribution >= 4 is 23.3 Å². The maximum atomic E-state index is 12.2. The first kappa shape index (κ1) is 14.8. The smallest absolute Gasteiger partial charge is 0.223 e. The van der Waals surface area contributed by atoms with Crippen LogP contribution in [0.1, 0.15) is 18.6 Å². The van der Waals surface area contributed by atoms with Crippen LogP contribution >= 0.6 is 11.6 Å². The average molecular weight is 321 g/mol. The molecular weight excluding hydrogens is 304 g/mol. The van der Waals surface area contributed by atoms with Gasteiger partial charge in [0.15, 0.2) is 11.0 Å². The summed E-state index contributed by atoms with van der Waals surface area (Å²) in [6.07, 6.45) is 3.20. The molecule has 1 amide bonds. The van der Waals surface area contributed by atoms with E-state index < -0.39 is 0 Å². The minimum Gasteiger partial charge on any atom is -0.467 e. The van der Waals surface area contributed by atoms with Crippen LogP contribution in [0.3, 0.4) is 0 Å². The van der Waals surface area contributed by atoms with Gasteiger partial charge in [0, 0.05) is 19.0 Å². The van der Waals surface area contributed by atoms with Gasteiger partial charge in [-0.15, -0.1) is 10.2 Å². The summed E-state index contributed by atoms with van der Waals surface area (Å²) < 4.78 is 5.21. The molecule has 0 atom stereocenters. The lowest BCUT2D eigenvalue weighted by Gasteiger charge is -2.31. The minimum atomic E-state index is 0.0338. The molecular formula is C15H17ClN4O2. The van der Waals surface area contributed by atoms with E-state index in [9.17, 15) is 4.79 Å². The molecule has 0 saturated carbocycles. The first-order valence-electron chi connectivity index (χ1n) is 7.26. The zero-order valence-corrected chi connectivity index (χ0v) is 12.8. The molecule has 1 saturated heterocycles. The van der Waals surface area contributed by atoms with Crippen LogP contribution in [0, 0.1) is 5.92 Å². The maximum absolute atomic E-state index is 12.2. The summed E-state index contributed by atoms with van der Waals surface area (Å²) >= 11 is 5.74. The Kier molecular flexibility index (Phi) is 4.58. The number of rotatable bonds is 4. The Bertz CT molecular complexity index is 607. The van der Waals surface area contributed by atoms with E-state index in [1.807, 2.05) is 18.2 Å². The lowest BCUT2D eigenvalue weighted by Crippen LogP contribution is -2.40. The number of carbonyl (C=O) groups is 1. The van der Waals surface area contributed by atoms with Crippen LogP contribution in [0.5, 0.6) is 0 Å². The Morgan fingerprint density at radius 1 is 1.32 bits per heavy atom. The second kappa shape index (κ2) is 6.79. The molecule has 2 aromatic heterocycles. The van der Waals surface area contributed by atoms with Gasteiger partial charge < -0.3 is 14.6 Å². The summed E-state index contributed by atoms with van der Waals surface area (Å²) in [4.78, 5) is 14.3. The molecule has 22 heavy (non-hydrogen) atoms. The molecule has 0 bridgehead atoms. The molecule has 1 fully saturated rings. The second-order valence-corrected chi connectivity index (χ2v) is 5.66. The molecule has 1 N–H and O–H groups in total. The summed E-state index contributed by atoms with van der Waals surface area (Å²) in [5.41, 5.74) is 0. The van der Waals surface area contributed by atoms with Gasteiger partial charge in [-0.25, -0.2) is 0 Å². The van der Waals surface area contributed by atoms with Crippen LogP contribution in [0.4, 0.5) is 5.82 Å². The van der Waals surface area contributed by atoms with E-state index in [-0.39, 0.29) is 11.8 Å². The van der Waals surface area contributed by atoms with Gasteiger partial charge in [0.25, 0.3) is 0 Å². The molecule has 1 aliphatic heterocycles. The molecule has 0 unspecified atom stereocenters. The van der Waals surface area contributed by atoms with E-state index in [2.05, 4.69) is 20.4 Å². The zero-order chi connectivity index (χ0) is 15.4. The van der Waals surface area contributed by atoms with Gasteiger partial charge in [0.1, 0.15) is 5.76 Å². The van der Waals surface area contributed by atoms with Crippen molar-refractivity contribution in [3.63, 3.8) is 0 Å². The van der Waals surface area contributed by atoms with E-state index in [1.165, 1.54) is 0 Å². The predicted octanol–water partition coefficient (Wildman–Crippen LogP) is 2.26. The monoisotopic (exact) mass is 320 g/mol. The van der Waals surface area contributed by atoms with Crippen molar-refractivity contribution in [3.8, 4) is 0 Å². The number of furan rings is 1. The molecule has 2 aromatic rings. The molecule has 116 valence electrons. The fourth-order valence-electron chi connectivity index (χ4n) is 2.58. The molecule has 7 heteroatoms. The summed E-state index contributed by atoms with van der Waals surface area (Å²) in [6, 6.07) is 7.24. The van der Waals surface area contributed by atoms with Crippen molar-refractivity contribution in [3.05, 3.63) is 41.4 Å². The average Bonchev–Trinajstić information content (AvgIpc) is 3.07. The van der Waals surface area contributed by atoms with Crippen molar-refractivity contribution in [2.75, 3.05) is 18.0 Å². The second-order valence-electron chi connectivity index (χ2n) is 5.27. The molecule has 6 nitrogen and oxygen atoms in total. The van der Waals surface area contributed by atoms with Crippen LogP contribution in [-0.2, 0) is 11.3 Å². The molecule has 1 aliphatic rings. The minimum absolute atomic E-state index is 0.0338. The summed E-state index contributed by atoms with van der Waals surface area (Å²) in [5.74, 6) is 1.69. The summed E-state index contributed by atoms with van der Waals surface area (Å²) in [5, 5.41) is 11.2. The van der Waals surface area contributed by atoms with Crippen molar-refractivity contribution in [2.45, 2.75) is 19.4 Å². The summed E-state index contributed by atoms with van der Waals surface area (Å²) in [6.45, 7) is 2.01. The van der Waals surface area contributed by atoms with E-state index >= 15 is 0 Å². The van der Waals surface area contributed by atoms with Crippen LogP contribution in [0.2, 0.25) is 5.15 Å². The number of aromatic nitrogens is 2. The first-order valence-corrected chi connectivity index (χ1v) is 7.64. The Morgan fingerprint density at radius 3 is 2.77 bits per heavy atom. The zero-order valence-electron chi connectivity index (χ0n) is 12.0. The quantitative estimate of drug-likeness (QED) is 0.935. The number of piperidine rings is 1. The van der Waals surface area contributed by atoms with Crippen molar-refractivity contribution < 1.29 is 9.21 Å². The molecule has 0 aliphatic carbocycles. The lowest BCUT2D eigenvalue weighted by molar-refractivity contribution is -0.125. The van der Waals surface area contributed by atoms with Gasteiger partial charge in [-0.1, -0.05) is 11.6 Å². The van der Waals surface area contributed by atoms with Crippen LogP contribution in [0.25, 0.3) is 0 Å². The van der Waals surface area contributed by atoms with E-state index in [4.69, 9.17) is 16.0 Å². The van der Waals surface area contributed by atoms with Crippen LogP contribution in [0.15, 0.2) is 34.9 Å². The highest BCUT2D eigenvalue weighted by Crippen LogP contribution is 2.22. The van der Waals surface area contributed by atoms with E-state index in [0.717, 1.165) is 37.5 Å². The number of anilines is 1. The fraction of sp³-hybridized carbons (Fsp3) is 0.400. The van der Waals surface area contributed by atoms with E-state index in [1.54, 1.807) is 12.3 Å². The van der Waals surface area contributed by atoms with Crippen molar-refractivity contribution in [2.24, 2.45) is 5.92 Å². The SMILES string of the molecule is O=C(NCc1ccco1)C1CCN(c2ccc(Cl)nn2)CC1. The number of carbonyl (C=O) groups excluding carboxylic acids is 1. The third kappa shape index (κ3) is 3.57. The third-order valence-electron chi connectivity index (χ3n) is 3.82. The molecule has 0 radical (unpaired) electrons. The highest BCUT2D eigenvalue weighted by Gasteiger charge is 2.25. The first-order chi connectivity index (χ1) is 10.7. The Balaban J connectivity index is 1.48. The number of amides is 1. The predicted molar refractivity (Wildman–Crippen MR) is 82.5 cm³/mol. The van der Waals surface area contributed by atoms with Gasteiger partial charge in [-0.3, -0.25) is 4.79 Å². The summed E-state index contributed by atoms with van der Waals surface area (Å²) in [7, 11) is 0. The third-order valence-corrected chi connectivity index (χ3v) is 4.03. The number of halogens is 1. The normalized spacial score (nSPS) is 15.8. The number of nitrogens with one attached hydrogen (secondary N) is 1. The Morgan fingerprint density at radius 2 is 2.14 bits per heavy atom. The standard InChI is InChI=1S/C15H17ClN4O2/c16-13-3-4-14(19-18-13)20-7-5-11(6-8-20)15(21)17-10-12-2-1-9-22-12/h1-4,9,11H,5-8,10H2,(H,17,21). The number of nitrogens with zero attached hydrogens (tertiary/aromatic N) is 3. The molecule has 3 heterocycles. The van der Waals surface area contributed by atoms with Crippen LogP contribution < -0.4 is 10.2 Å². The van der Waals surface area contributed by atoms with Gasteiger partial charge in [-0.2, -0.15) is 0 Å². The number of hydrogen-bond acceptors (Lipinski definition) is 5. The van der Waals surface area contributed by atoms with Crippen molar-refractivity contribution in [1.29, 1.82) is 0 Å². The van der Waals surface area contributed by atoms with Crippen molar-refractivity contribution in [1.82, 2.24) is 15.5 Å². The van der Waals surface area contributed by atoms with Gasteiger partial charge >= 0.3 is 0 Å². The molecule has 0 aromatic carbocycles. The Hall–Kier alpha value is -2.08. The fourth-order valence-corrected chi connectivity index (χ4v) is 2.68. The van der Waals surface area contributed by atoms with E-state index in [0.29, 0.717) is 11.7 Å². The topological polar surface area (TPSA) is 71.3 Å². The highest BCUT2D eigenvalue weighted by molar-refractivity contribution is 6.29. The largest absolute Gasteiger partial charge is 0.467 e. The van der Waals surface area contributed by atoms with Gasteiger partial charge in [0.05, 0.1) is 12.8 Å². The van der Waals surface area contributed by atoms with Gasteiger partial charge in [0.2, 0.25) is 5.91 Å².